The third kappa shape index (κ3) is 5.35. The third-order valence-corrected chi connectivity index (χ3v) is 3.66. The highest BCUT2D eigenvalue weighted by molar-refractivity contribution is 5.74. The Morgan fingerprint density at radius 1 is 1.27 bits per heavy atom. The summed E-state index contributed by atoms with van der Waals surface area (Å²) in [5, 5.41) is 0. The van der Waals surface area contributed by atoms with Gasteiger partial charge >= 0.3 is 12.1 Å². The first-order valence-electron chi connectivity index (χ1n) is 7.91. The Hall–Kier alpha value is -1.52. The smallest absolute Gasteiger partial charge is 0.410 e. The Balaban J connectivity index is 2.76. The van der Waals surface area contributed by atoms with Gasteiger partial charge in [-0.15, -0.1) is 0 Å². The molecule has 0 radical (unpaired) electrons. The van der Waals surface area contributed by atoms with Gasteiger partial charge in [-0.1, -0.05) is 26.0 Å². The van der Waals surface area contributed by atoms with Crippen molar-refractivity contribution in [2.75, 3.05) is 13.7 Å². The summed E-state index contributed by atoms with van der Waals surface area (Å²) >= 11 is 0. The van der Waals surface area contributed by atoms with Gasteiger partial charge in [-0.2, -0.15) is 0 Å². The van der Waals surface area contributed by atoms with Gasteiger partial charge < -0.3 is 14.4 Å². The van der Waals surface area contributed by atoms with Crippen LogP contribution in [0.3, 0.4) is 0 Å². The Bertz CT molecular complexity index is 423. The fourth-order valence-electron chi connectivity index (χ4n) is 2.50. The highest BCUT2D eigenvalue weighted by Crippen LogP contribution is 2.23. The summed E-state index contributed by atoms with van der Waals surface area (Å²) in [7, 11) is 1.40. The number of hydrogen-bond donors (Lipinski definition) is 0. The number of rotatable bonds is 4. The van der Waals surface area contributed by atoms with E-state index in [1.807, 2.05) is 46.8 Å². The van der Waals surface area contributed by atoms with Gasteiger partial charge in [0.05, 0.1) is 19.1 Å². The van der Waals surface area contributed by atoms with Crippen molar-refractivity contribution >= 4 is 12.1 Å². The molecule has 2 atom stereocenters. The van der Waals surface area contributed by atoms with Crippen LogP contribution < -0.4 is 0 Å². The van der Waals surface area contributed by atoms with Crippen molar-refractivity contribution in [1.29, 1.82) is 0 Å². The molecule has 0 N–H and O–H groups in total. The molecule has 1 fully saturated rings. The molecule has 1 aliphatic heterocycles. The number of ether oxygens (including phenoxy) is 2. The Morgan fingerprint density at radius 3 is 2.41 bits per heavy atom. The highest BCUT2D eigenvalue weighted by atomic mass is 16.6. The lowest BCUT2D eigenvalue weighted by atomic mass is 9.94. The first kappa shape index (κ1) is 18.5. The van der Waals surface area contributed by atoms with Gasteiger partial charge in [0.1, 0.15) is 5.60 Å². The van der Waals surface area contributed by atoms with E-state index in [1.54, 1.807) is 4.90 Å². The van der Waals surface area contributed by atoms with E-state index in [-0.39, 0.29) is 29.9 Å². The minimum absolute atomic E-state index is 0.0132. The number of esters is 1. The molecule has 0 aliphatic carbocycles. The quantitative estimate of drug-likeness (QED) is 0.590. The van der Waals surface area contributed by atoms with E-state index >= 15 is 0 Å². The summed E-state index contributed by atoms with van der Waals surface area (Å²) in [5.41, 5.74) is -0.500. The lowest BCUT2D eigenvalue weighted by Gasteiger charge is -2.27. The molecule has 1 rings (SSSR count). The number of carbonyl (C=O) groups is 2. The van der Waals surface area contributed by atoms with Crippen molar-refractivity contribution in [1.82, 2.24) is 4.90 Å². The molecule has 1 heterocycles. The van der Waals surface area contributed by atoms with Gasteiger partial charge in [0.2, 0.25) is 0 Å². The summed E-state index contributed by atoms with van der Waals surface area (Å²) in [4.78, 5) is 25.7. The van der Waals surface area contributed by atoms with Crippen LogP contribution in [0.15, 0.2) is 12.2 Å². The molecule has 0 aromatic rings. The third-order valence-electron chi connectivity index (χ3n) is 3.66. The molecule has 0 saturated carbocycles. The lowest BCUT2D eigenvalue weighted by molar-refractivity contribution is -0.145. The van der Waals surface area contributed by atoms with E-state index < -0.39 is 5.60 Å². The van der Waals surface area contributed by atoms with Crippen molar-refractivity contribution in [3.05, 3.63) is 12.2 Å². The monoisotopic (exact) mass is 311 g/mol. The average Bonchev–Trinajstić information content (AvgIpc) is 2.84. The number of nitrogens with zero attached hydrogens (tertiary/aromatic N) is 1. The molecule has 0 aromatic carbocycles. The zero-order valence-electron chi connectivity index (χ0n) is 14.6. The van der Waals surface area contributed by atoms with Gasteiger partial charge in [-0.3, -0.25) is 4.79 Å². The van der Waals surface area contributed by atoms with Crippen molar-refractivity contribution in [3.8, 4) is 0 Å². The molecule has 22 heavy (non-hydrogen) atoms. The van der Waals surface area contributed by atoms with Crippen LogP contribution in [0.4, 0.5) is 4.79 Å². The van der Waals surface area contributed by atoms with E-state index in [2.05, 4.69) is 0 Å². The van der Waals surface area contributed by atoms with E-state index in [0.717, 1.165) is 12.8 Å². The van der Waals surface area contributed by atoms with Crippen molar-refractivity contribution in [2.24, 2.45) is 11.8 Å². The summed E-state index contributed by atoms with van der Waals surface area (Å²) in [6.07, 6.45) is 5.35. The first-order valence-corrected chi connectivity index (χ1v) is 7.91. The fraction of sp³-hybridized carbons (Fsp3) is 0.765. The zero-order chi connectivity index (χ0) is 16.9. The highest BCUT2D eigenvalue weighted by Gasteiger charge is 2.31. The molecule has 126 valence electrons. The Kier molecular flexibility index (Phi) is 6.45. The molecule has 1 aliphatic rings. The van der Waals surface area contributed by atoms with Gasteiger partial charge in [-0.05, 0) is 39.5 Å². The maximum atomic E-state index is 12.2. The second kappa shape index (κ2) is 7.65. The fourth-order valence-corrected chi connectivity index (χ4v) is 2.50. The van der Waals surface area contributed by atoms with Crippen LogP contribution in [0.1, 0.15) is 47.5 Å². The molecule has 5 nitrogen and oxygen atoms in total. The van der Waals surface area contributed by atoms with E-state index in [4.69, 9.17) is 9.47 Å². The molecular formula is C17H29NO4. The summed E-state index contributed by atoms with van der Waals surface area (Å²) < 4.78 is 10.3. The van der Waals surface area contributed by atoms with E-state index in [9.17, 15) is 9.59 Å². The Morgan fingerprint density at radius 2 is 1.91 bits per heavy atom. The maximum Gasteiger partial charge on any atom is 0.410 e. The van der Waals surface area contributed by atoms with Crippen LogP contribution in [0, 0.1) is 11.8 Å². The summed E-state index contributed by atoms with van der Waals surface area (Å²) in [6.45, 7) is 10.2. The van der Waals surface area contributed by atoms with Crippen LogP contribution in [0.2, 0.25) is 0 Å². The largest absolute Gasteiger partial charge is 0.469 e. The minimum atomic E-state index is -0.500. The number of methoxy groups -OCH3 is 1. The van der Waals surface area contributed by atoms with Crippen LogP contribution in [-0.2, 0) is 14.3 Å². The molecule has 0 unspecified atom stereocenters. The average molecular weight is 311 g/mol. The molecule has 0 aromatic heterocycles. The van der Waals surface area contributed by atoms with Gasteiger partial charge in [0.25, 0.3) is 0 Å². The standard InChI is InChI=1S/C17H29NO4/c1-12(2)14(15(19)21-6)10-9-13-8-7-11-18(13)16(20)22-17(3,4)5/h9-10,12-14H,7-8,11H2,1-6H3/b10-9+/t13-,14-/m0/s1. The van der Waals surface area contributed by atoms with Crippen molar-refractivity contribution < 1.29 is 19.1 Å². The van der Waals surface area contributed by atoms with Crippen LogP contribution >= 0.6 is 0 Å². The number of likely N-dealkylation sites (tertiary alicyclic amines) is 1. The number of amides is 1. The molecule has 0 bridgehead atoms. The predicted octanol–water partition coefficient (Wildman–Crippen LogP) is 3.39. The first-order chi connectivity index (χ1) is 10.2. The lowest BCUT2D eigenvalue weighted by Crippen LogP contribution is -2.39. The molecular weight excluding hydrogens is 282 g/mol. The zero-order valence-corrected chi connectivity index (χ0v) is 14.6. The minimum Gasteiger partial charge on any atom is -0.469 e. The number of hydrogen-bond acceptors (Lipinski definition) is 4. The van der Waals surface area contributed by atoms with Crippen LogP contribution in [-0.4, -0.2) is 42.3 Å². The number of carbonyl (C=O) groups excluding carboxylic acids is 2. The van der Waals surface area contributed by atoms with Gasteiger partial charge in [0.15, 0.2) is 0 Å². The van der Waals surface area contributed by atoms with Crippen LogP contribution in [0.25, 0.3) is 0 Å². The van der Waals surface area contributed by atoms with E-state index in [1.165, 1.54) is 7.11 Å². The second-order valence-corrected chi connectivity index (χ2v) is 7.06. The normalized spacial score (nSPS) is 20.5. The summed E-state index contributed by atoms with van der Waals surface area (Å²) in [5.74, 6) is -0.376. The maximum absolute atomic E-state index is 12.2. The van der Waals surface area contributed by atoms with Gasteiger partial charge in [0, 0.05) is 6.54 Å². The predicted molar refractivity (Wildman–Crippen MR) is 85.4 cm³/mol. The molecule has 5 heteroatoms. The summed E-state index contributed by atoms with van der Waals surface area (Å²) in [6, 6.07) is -0.0132. The van der Waals surface area contributed by atoms with Crippen molar-refractivity contribution in [2.45, 2.75) is 59.1 Å². The SMILES string of the molecule is COC(=O)[C@@H](/C=C/[C@@H]1CCCN1C(=O)OC(C)(C)C)C(C)C. The molecule has 1 amide bonds. The second-order valence-electron chi connectivity index (χ2n) is 7.06. The van der Waals surface area contributed by atoms with Crippen molar-refractivity contribution in [3.63, 3.8) is 0 Å². The van der Waals surface area contributed by atoms with Gasteiger partial charge in [-0.25, -0.2) is 4.79 Å². The Labute approximate surface area is 133 Å². The molecule has 0 spiro atoms. The van der Waals surface area contributed by atoms with E-state index in [0.29, 0.717) is 6.54 Å². The van der Waals surface area contributed by atoms with Crippen LogP contribution in [0.5, 0.6) is 0 Å². The molecule has 1 saturated heterocycles. The topological polar surface area (TPSA) is 55.8 Å².